The molecule has 4 aromatic rings. The van der Waals surface area contributed by atoms with Gasteiger partial charge in [0, 0.05) is 29.9 Å². The van der Waals surface area contributed by atoms with E-state index in [1.165, 1.54) is 6.07 Å². The van der Waals surface area contributed by atoms with E-state index < -0.39 is 23.8 Å². The van der Waals surface area contributed by atoms with E-state index in [0.717, 1.165) is 17.0 Å². The predicted octanol–water partition coefficient (Wildman–Crippen LogP) is 3.24. The highest BCUT2D eigenvalue weighted by atomic mass is 19.4. The van der Waals surface area contributed by atoms with Crippen molar-refractivity contribution >= 4 is 27.7 Å². The van der Waals surface area contributed by atoms with Crippen LogP contribution in [0.5, 0.6) is 0 Å². The maximum atomic E-state index is 13.2. The zero-order chi connectivity index (χ0) is 22.6. The highest BCUT2D eigenvalue weighted by molar-refractivity contribution is 6.13. The highest BCUT2D eigenvalue weighted by Crippen LogP contribution is 2.32. The summed E-state index contributed by atoms with van der Waals surface area (Å²) in [5, 5.41) is 8.65. The number of fused-ring (bicyclic) bond motifs is 4. The number of hydrogen-bond acceptors (Lipinski definition) is 6. The summed E-state index contributed by atoms with van der Waals surface area (Å²) in [5.41, 5.74) is 1.88. The standard InChI is InChI=1S/C21H17F3N6O2/c1-10-17-18(29-30(2)19(17)12-5-6-25-7-13(12)26-10)20(31)28-15-9-32-8-14-11(15)3-4-16(27-14)21(22,23)24/h3-7,15H,8-9H2,1-2H3,(H,28,31)/t15-/m1/s1. The smallest absolute Gasteiger partial charge is 0.373 e. The van der Waals surface area contributed by atoms with E-state index in [1.807, 2.05) is 6.07 Å². The molecule has 0 aromatic carbocycles. The van der Waals surface area contributed by atoms with E-state index in [0.29, 0.717) is 22.2 Å². The van der Waals surface area contributed by atoms with Gasteiger partial charge in [0.05, 0.1) is 47.6 Å². The monoisotopic (exact) mass is 442 g/mol. The van der Waals surface area contributed by atoms with Crippen LogP contribution in [-0.2, 0) is 24.6 Å². The molecule has 1 aliphatic rings. The fourth-order valence-electron chi connectivity index (χ4n) is 4.06. The predicted molar refractivity (Wildman–Crippen MR) is 108 cm³/mol. The summed E-state index contributed by atoms with van der Waals surface area (Å²) < 4.78 is 46.0. The van der Waals surface area contributed by atoms with E-state index in [2.05, 4.69) is 25.4 Å². The Morgan fingerprint density at radius 3 is 2.84 bits per heavy atom. The molecule has 164 valence electrons. The third-order valence-electron chi connectivity index (χ3n) is 5.47. The topological polar surface area (TPSA) is 94.8 Å². The average Bonchev–Trinajstić information content (AvgIpc) is 3.11. The van der Waals surface area contributed by atoms with Crippen molar-refractivity contribution in [2.24, 2.45) is 7.05 Å². The van der Waals surface area contributed by atoms with Crippen molar-refractivity contribution in [3.63, 3.8) is 0 Å². The summed E-state index contributed by atoms with van der Waals surface area (Å²) in [6, 6.07) is 3.40. The van der Waals surface area contributed by atoms with E-state index in [9.17, 15) is 18.0 Å². The van der Waals surface area contributed by atoms with Gasteiger partial charge in [-0.05, 0) is 19.1 Å². The number of nitrogens with zero attached hydrogens (tertiary/aromatic N) is 5. The second-order valence-corrected chi connectivity index (χ2v) is 7.56. The molecule has 5 heterocycles. The summed E-state index contributed by atoms with van der Waals surface area (Å²) in [4.78, 5) is 25.5. The molecule has 32 heavy (non-hydrogen) atoms. The van der Waals surface area contributed by atoms with Crippen LogP contribution < -0.4 is 5.32 Å². The number of pyridine rings is 3. The lowest BCUT2D eigenvalue weighted by molar-refractivity contribution is -0.141. The van der Waals surface area contributed by atoms with Crippen LogP contribution in [0.1, 0.15) is 39.2 Å². The minimum atomic E-state index is -4.55. The minimum absolute atomic E-state index is 0.0544. The molecular weight excluding hydrogens is 425 g/mol. The average molecular weight is 442 g/mol. The molecule has 8 nitrogen and oxygen atoms in total. The Bertz CT molecular complexity index is 1380. The lowest BCUT2D eigenvalue weighted by Gasteiger charge is -2.26. The molecule has 0 fully saturated rings. The summed E-state index contributed by atoms with van der Waals surface area (Å²) in [5.74, 6) is -0.477. The molecule has 1 amide bonds. The number of carbonyl (C=O) groups is 1. The van der Waals surface area contributed by atoms with Gasteiger partial charge in [-0.25, -0.2) is 4.98 Å². The number of carbonyl (C=O) groups excluding carboxylic acids is 1. The van der Waals surface area contributed by atoms with Crippen LogP contribution in [0.3, 0.4) is 0 Å². The lowest BCUT2D eigenvalue weighted by Crippen LogP contribution is -2.35. The molecule has 1 aliphatic heterocycles. The first-order valence-electron chi connectivity index (χ1n) is 9.76. The Morgan fingerprint density at radius 2 is 2.06 bits per heavy atom. The molecule has 11 heteroatoms. The van der Waals surface area contributed by atoms with Gasteiger partial charge >= 0.3 is 6.18 Å². The minimum Gasteiger partial charge on any atom is -0.373 e. The van der Waals surface area contributed by atoms with Crippen molar-refractivity contribution in [1.29, 1.82) is 0 Å². The molecule has 0 spiro atoms. The quantitative estimate of drug-likeness (QED) is 0.512. The van der Waals surface area contributed by atoms with Gasteiger partial charge in [0.25, 0.3) is 5.91 Å². The fraction of sp³-hybridized carbons (Fsp3) is 0.286. The number of nitrogens with one attached hydrogen (secondary N) is 1. The molecule has 0 aliphatic carbocycles. The first-order chi connectivity index (χ1) is 15.2. The third-order valence-corrected chi connectivity index (χ3v) is 5.47. The summed E-state index contributed by atoms with van der Waals surface area (Å²) in [6.07, 6.45) is -1.27. The zero-order valence-electron chi connectivity index (χ0n) is 17.1. The number of halogens is 3. The lowest BCUT2D eigenvalue weighted by atomic mass is 10.0. The van der Waals surface area contributed by atoms with Gasteiger partial charge < -0.3 is 10.1 Å². The maximum absolute atomic E-state index is 13.2. The summed E-state index contributed by atoms with van der Waals surface area (Å²) >= 11 is 0. The van der Waals surface area contributed by atoms with Gasteiger partial charge in [-0.3, -0.25) is 19.4 Å². The molecule has 0 unspecified atom stereocenters. The van der Waals surface area contributed by atoms with Crippen molar-refractivity contribution in [2.45, 2.75) is 25.7 Å². The number of hydrogen-bond donors (Lipinski definition) is 1. The zero-order valence-corrected chi connectivity index (χ0v) is 17.1. The number of rotatable bonds is 2. The van der Waals surface area contributed by atoms with E-state index in [1.54, 1.807) is 31.0 Å². The van der Waals surface area contributed by atoms with Crippen LogP contribution >= 0.6 is 0 Å². The van der Waals surface area contributed by atoms with Gasteiger partial charge in [-0.15, -0.1) is 0 Å². The van der Waals surface area contributed by atoms with Crippen molar-refractivity contribution in [1.82, 2.24) is 30.0 Å². The molecule has 1 atom stereocenters. The van der Waals surface area contributed by atoms with Crippen molar-refractivity contribution in [3.05, 3.63) is 58.9 Å². The molecule has 1 N–H and O–H groups in total. The van der Waals surface area contributed by atoms with E-state index in [4.69, 9.17) is 4.74 Å². The van der Waals surface area contributed by atoms with Crippen LogP contribution in [0.15, 0.2) is 30.6 Å². The maximum Gasteiger partial charge on any atom is 0.433 e. The molecule has 0 saturated heterocycles. The highest BCUT2D eigenvalue weighted by Gasteiger charge is 2.35. The normalized spacial score (nSPS) is 16.3. The van der Waals surface area contributed by atoms with Crippen LogP contribution in [-0.4, -0.2) is 37.2 Å². The second-order valence-electron chi connectivity index (χ2n) is 7.56. The number of ether oxygens (including phenoxy) is 1. The Hall–Kier alpha value is -3.60. The van der Waals surface area contributed by atoms with Crippen molar-refractivity contribution < 1.29 is 22.7 Å². The van der Waals surface area contributed by atoms with Crippen LogP contribution in [0.2, 0.25) is 0 Å². The van der Waals surface area contributed by atoms with E-state index in [-0.39, 0.29) is 24.6 Å². The molecule has 0 radical (unpaired) electrons. The number of aromatic nitrogens is 5. The van der Waals surface area contributed by atoms with Gasteiger partial charge in [-0.2, -0.15) is 18.3 Å². The molecule has 4 aromatic heterocycles. The van der Waals surface area contributed by atoms with Crippen LogP contribution in [0.4, 0.5) is 13.2 Å². The van der Waals surface area contributed by atoms with Crippen LogP contribution in [0, 0.1) is 6.92 Å². The summed E-state index contributed by atoms with van der Waals surface area (Å²) in [6.45, 7) is 1.85. The third kappa shape index (κ3) is 3.25. The fourth-order valence-corrected chi connectivity index (χ4v) is 4.06. The van der Waals surface area contributed by atoms with E-state index >= 15 is 0 Å². The molecule has 0 bridgehead atoms. The molecular formula is C21H17F3N6O2. The van der Waals surface area contributed by atoms with Gasteiger partial charge in [0.1, 0.15) is 5.69 Å². The Labute approximate surface area is 179 Å². The molecule has 0 saturated carbocycles. The first kappa shape index (κ1) is 20.3. The van der Waals surface area contributed by atoms with Gasteiger partial charge in [0.15, 0.2) is 5.69 Å². The number of alkyl halides is 3. The number of amides is 1. The van der Waals surface area contributed by atoms with Crippen molar-refractivity contribution in [3.8, 4) is 0 Å². The summed E-state index contributed by atoms with van der Waals surface area (Å²) in [7, 11) is 1.74. The number of aryl methyl sites for hydroxylation is 2. The van der Waals surface area contributed by atoms with Gasteiger partial charge in [-0.1, -0.05) is 6.07 Å². The Balaban J connectivity index is 1.53. The van der Waals surface area contributed by atoms with Gasteiger partial charge in [0.2, 0.25) is 0 Å². The second kappa shape index (κ2) is 7.23. The Morgan fingerprint density at radius 1 is 1.25 bits per heavy atom. The Kier molecular flexibility index (Phi) is 4.59. The SMILES string of the molecule is Cc1nc2cnccc2c2c1c(C(=O)N[C@@H]1COCc3nc(C(F)(F)F)ccc31)nn2C. The largest absolute Gasteiger partial charge is 0.433 e. The van der Waals surface area contributed by atoms with Crippen molar-refractivity contribution in [2.75, 3.05) is 6.61 Å². The first-order valence-corrected chi connectivity index (χ1v) is 9.76. The molecule has 5 rings (SSSR count). The van der Waals surface area contributed by atoms with Crippen LogP contribution in [0.25, 0.3) is 21.8 Å².